The van der Waals surface area contributed by atoms with Crippen molar-refractivity contribution in [2.45, 2.75) is 63.6 Å². The van der Waals surface area contributed by atoms with Crippen LogP contribution < -0.4 is 0 Å². The molecule has 2 aliphatic carbocycles. The number of halogens is 3. The largest absolute Gasteiger partial charge is 0.490 e. The summed E-state index contributed by atoms with van der Waals surface area (Å²) in [6, 6.07) is 0.855. The molecule has 0 radical (unpaired) electrons. The zero-order valence-electron chi connectivity index (χ0n) is 16.8. The molecule has 4 fully saturated rings. The van der Waals surface area contributed by atoms with E-state index in [0.29, 0.717) is 12.0 Å². The third-order valence-corrected chi connectivity index (χ3v) is 6.97. The number of carbonyl (C=O) groups excluding carboxylic acids is 1. The van der Waals surface area contributed by atoms with Crippen molar-refractivity contribution in [3.8, 4) is 0 Å². The number of likely N-dealkylation sites (tertiary alicyclic amines) is 2. The summed E-state index contributed by atoms with van der Waals surface area (Å²) in [5.41, 5.74) is 0.362. The van der Waals surface area contributed by atoms with Gasteiger partial charge in [0.25, 0.3) is 0 Å². The maximum absolute atomic E-state index is 12.1. The van der Waals surface area contributed by atoms with Crippen molar-refractivity contribution in [3.63, 3.8) is 0 Å². The summed E-state index contributed by atoms with van der Waals surface area (Å²) in [5.74, 6) is -1.74. The first-order chi connectivity index (χ1) is 13.7. The first-order valence-electron chi connectivity index (χ1n) is 10.6. The maximum atomic E-state index is 12.1. The minimum absolute atomic E-state index is 0.206. The predicted molar refractivity (Wildman–Crippen MR) is 99.3 cm³/mol. The molecule has 2 heterocycles. The Morgan fingerprint density at radius 2 is 1.72 bits per heavy atom. The van der Waals surface area contributed by atoms with Crippen LogP contribution in [0, 0.1) is 11.3 Å². The SMILES string of the molecule is O=C(COC[C@@]12CCC[C@@H]1CN(C1CCC1)C2)N1CCCC1.O=C(O)C(F)(F)F. The Kier molecular flexibility index (Phi) is 7.09. The van der Waals surface area contributed by atoms with E-state index in [0.717, 1.165) is 44.5 Å². The fraction of sp³-hybridized carbons (Fsp3) is 0.900. The van der Waals surface area contributed by atoms with Crippen LogP contribution in [0.2, 0.25) is 0 Å². The smallest absolute Gasteiger partial charge is 0.475 e. The number of amides is 1. The number of aliphatic carboxylic acids is 1. The molecule has 2 saturated carbocycles. The van der Waals surface area contributed by atoms with Gasteiger partial charge in [0, 0.05) is 37.6 Å². The van der Waals surface area contributed by atoms with Gasteiger partial charge in [-0.25, -0.2) is 4.79 Å². The lowest BCUT2D eigenvalue weighted by Crippen LogP contribution is -2.41. The summed E-state index contributed by atoms with van der Waals surface area (Å²) in [4.78, 5) is 25.7. The molecule has 2 atom stereocenters. The van der Waals surface area contributed by atoms with E-state index in [1.165, 1.54) is 51.6 Å². The van der Waals surface area contributed by atoms with Crippen LogP contribution in [0.3, 0.4) is 0 Å². The molecule has 166 valence electrons. The minimum Gasteiger partial charge on any atom is -0.475 e. The molecular formula is C20H31F3N2O4. The van der Waals surface area contributed by atoms with Gasteiger partial charge in [0.1, 0.15) is 6.61 Å². The highest BCUT2D eigenvalue weighted by atomic mass is 19.4. The fourth-order valence-corrected chi connectivity index (χ4v) is 5.12. The first kappa shape index (κ1) is 22.3. The van der Waals surface area contributed by atoms with Crippen molar-refractivity contribution in [1.82, 2.24) is 9.80 Å². The van der Waals surface area contributed by atoms with E-state index in [9.17, 15) is 18.0 Å². The Balaban J connectivity index is 0.000000298. The highest BCUT2D eigenvalue weighted by Crippen LogP contribution is 2.50. The van der Waals surface area contributed by atoms with Crippen LogP contribution in [0.5, 0.6) is 0 Å². The predicted octanol–water partition coefficient (Wildman–Crippen LogP) is 2.91. The number of nitrogens with zero attached hydrogens (tertiary/aromatic N) is 2. The number of carbonyl (C=O) groups is 2. The van der Waals surface area contributed by atoms with Crippen molar-refractivity contribution in [2.24, 2.45) is 11.3 Å². The van der Waals surface area contributed by atoms with E-state index >= 15 is 0 Å². The van der Waals surface area contributed by atoms with Crippen LogP contribution in [0.4, 0.5) is 13.2 Å². The number of fused-ring (bicyclic) bond motifs is 1. The molecule has 0 unspecified atom stereocenters. The third-order valence-electron chi connectivity index (χ3n) is 6.97. The Morgan fingerprint density at radius 1 is 1.07 bits per heavy atom. The molecule has 6 nitrogen and oxygen atoms in total. The first-order valence-corrected chi connectivity index (χ1v) is 10.6. The van der Waals surface area contributed by atoms with Crippen LogP contribution in [0.1, 0.15) is 51.4 Å². The molecule has 4 rings (SSSR count). The lowest BCUT2D eigenvalue weighted by atomic mass is 9.81. The second-order valence-electron chi connectivity index (χ2n) is 8.85. The van der Waals surface area contributed by atoms with Crippen molar-refractivity contribution in [1.29, 1.82) is 0 Å². The van der Waals surface area contributed by atoms with E-state index in [4.69, 9.17) is 14.6 Å². The second kappa shape index (κ2) is 9.20. The van der Waals surface area contributed by atoms with Gasteiger partial charge >= 0.3 is 12.1 Å². The van der Waals surface area contributed by atoms with Crippen LogP contribution in [0.15, 0.2) is 0 Å². The molecule has 2 saturated heterocycles. The van der Waals surface area contributed by atoms with E-state index in [1.54, 1.807) is 0 Å². The Hall–Kier alpha value is -1.35. The second-order valence-corrected chi connectivity index (χ2v) is 8.85. The van der Waals surface area contributed by atoms with Gasteiger partial charge in [0.15, 0.2) is 0 Å². The van der Waals surface area contributed by atoms with E-state index < -0.39 is 12.1 Å². The molecule has 9 heteroatoms. The average molecular weight is 420 g/mol. The molecule has 0 spiro atoms. The Bertz CT molecular complexity index is 591. The molecule has 0 bridgehead atoms. The van der Waals surface area contributed by atoms with Crippen LogP contribution in [0.25, 0.3) is 0 Å². The standard InChI is InChI=1S/C18H30N2O2.C2HF3O2/c21-17(19-9-1-2-10-19)12-22-14-18-8-4-5-15(18)11-20(13-18)16-6-3-7-16;3-2(4,5)1(6)7/h15-16H,1-14H2;(H,6,7)/t15-,18+;/m1./s1. The quantitative estimate of drug-likeness (QED) is 0.741. The van der Waals surface area contributed by atoms with Gasteiger partial charge in [0.05, 0.1) is 6.61 Å². The average Bonchev–Trinajstić information content (AvgIpc) is 3.28. The van der Waals surface area contributed by atoms with E-state index in [1.807, 2.05) is 4.90 Å². The van der Waals surface area contributed by atoms with Crippen LogP contribution in [-0.4, -0.2) is 78.4 Å². The van der Waals surface area contributed by atoms with Gasteiger partial charge in [-0.1, -0.05) is 12.8 Å². The minimum atomic E-state index is -5.08. The molecule has 4 aliphatic rings. The van der Waals surface area contributed by atoms with Crippen molar-refractivity contribution >= 4 is 11.9 Å². The number of carboxylic acids is 1. The summed E-state index contributed by atoms with van der Waals surface area (Å²) in [5, 5.41) is 7.12. The molecule has 1 N–H and O–H groups in total. The van der Waals surface area contributed by atoms with E-state index in [2.05, 4.69) is 4.90 Å². The lowest BCUT2D eigenvalue weighted by molar-refractivity contribution is -0.192. The number of hydrogen-bond donors (Lipinski definition) is 1. The molecule has 0 aromatic heterocycles. The summed E-state index contributed by atoms with van der Waals surface area (Å²) < 4.78 is 37.7. The number of rotatable bonds is 5. The van der Waals surface area contributed by atoms with Gasteiger partial charge in [-0.2, -0.15) is 13.2 Å². The van der Waals surface area contributed by atoms with Crippen molar-refractivity contribution < 1.29 is 32.6 Å². The number of ether oxygens (including phenoxy) is 1. The summed E-state index contributed by atoms with van der Waals surface area (Å²) >= 11 is 0. The number of hydrogen-bond acceptors (Lipinski definition) is 4. The summed E-state index contributed by atoms with van der Waals surface area (Å²) in [7, 11) is 0. The van der Waals surface area contributed by atoms with Gasteiger partial charge in [0.2, 0.25) is 5.91 Å². The summed E-state index contributed by atoms with van der Waals surface area (Å²) in [6.45, 7) is 5.49. The Morgan fingerprint density at radius 3 is 2.28 bits per heavy atom. The fourth-order valence-electron chi connectivity index (χ4n) is 5.12. The van der Waals surface area contributed by atoms with Crippen molar-refractivity contribution in [2.75, 3.05) is 39.4 Å². The van der Waals surface area contributed by atoms with Crippen LogP contribution in [-0.2, 0) is 14.3 Å². The topological polar surface area (TPSA) is 70.1 Å². The zero-order chi connectivity index (χ0) is 21.1. The van der Waals surface area contributed by atoms with Crippen LogP contribution >= 0.6 is 0 Å². The maximum Gasteiger partial charge on any atom is 0.490 e. The monoisotopic (exact) mass is 420 g/mol. The van der Waals surface area contributed by atoms with E-state index in [-0.39, 0.29) is 5.91 Å². The van der Waals surface area contributed by atoms with Gasteiger partial charge in [-0.3, -0.25) is 9.69 Å². The molecule has 0 aromatic carbocycles. The molecule has 2 aliphatic heterocycles. The van der Waals surface area contributed by atoms with Gasteiger partial charge < -0.3 is 14.7 Å². The van der Waals surface area contributed by atoms with Gasteiger partial charge in [-0.05, 0) is 44.4 Å². The van der Waals surface area contributed by atoms with Gasteiger partial charge in [-0.15, -0.1) is 0 Å². The lowest BCUT2D eigenvalue weighted by Gasteiger charge is -2.36. The highest BCUT2D eigenvalue weighted by Gasteiger charge is 2.51. The highest BCUT2D eigenvalue weighted by molar-refractivity contribution is 5.77. The van der Waals surface area contributed by atoms with Crippen molar-refractivity contribution in [3.05, 3.63) is 0 Å². The molecule has 0 aromatic rings. The molecule has 1 amide bonds. The number of alkyl halides is 3. The normalized spacial score (nSPS) is 29.9. The Labute approximate surface area is 169 Å². The number of carboxylic acid groups (broad SMARTS) is 1. The summed E-state index contributed by atoms with van der Waals surface area (Å²) in [6.07, 6.45) is 5.48. The molecule has 29 heavy (non-hydrogen) atoms. The zero-order valence-corrected chi connectivity index (χ0v) is 16.8. The molecular weight excluding hydrogens is 389 g/mol. The third kappa shape index (κ3) is 5.42.